The minimum atomic E-state index is -4.55. The topological polar surface area (TPSA) is 281 Å². The van der Waals surface area contributed by atoms with Gasteiger partial charge in [0.25, 0.3) is 10.1 Å². The first-order valence-electron chi connectivity index (χ1n) is 20.0. The molecule has 0 atom stereocenters. The van der Waals surface area contributed by atoms with Crippen molar-refractivity contribution in [1.29, 1.82) is 0 Å². The Kier molecular flexibility index (Phi) is 19.8. The van der Waals surface area contributed by atoms with Gasteiger partial charge in [-0.25, -0.2) is 0 Å². The highest BCUT2D eigenvalue weighted by atomic mass is 32.2. The summed E-state index contributed by atoms with van der Waals surface area (Å²) in [5.74, 6) is 2.37. The number of hydrogen-bond donors (Lipinski definition) is 4. The second-order valence-electron chi connectivity index (χ2n) is 13.1. The highest BCUT2D eigenvalue weighted by molar-refractivity contribution is 7.99. The van der Waals surface area contributed by atoms with Gasteiger partial charge < -0.3 is 44.5 Å². The fraction of sp³-hybridized carbons (Fsp3) is 0.341. The molecule has 0 radical (unpaired) electrons. The summed E-state index contributed by atoms with van der Waals surface area (Å²) in [6.45, 7) is 10.7. The maximum atomic E-state index is 12.0. The van der Waals surface area contributed by atoms with Crippen LogP contribution in [0.25, 0.3) is 0 Å². The second kappa shape index (κ2) is 25.1. The fourth-order valence-electron chi connectivity index (χ4n) is 6.18. The number of methoxy groups -OCH3 is 4. The number of aliphatic hydroxyl groups excluding tert-OH is 1. The smallest absolute Gasteiger partial charge is 0.425 e. The molecule has 0 unspecified atom stereocenters. The number of benzene rings is 4. The van der Waals surface area contributed by atoms with Gasteiger partial charge in [0.05, 0.1) is 62.7 Å². The van der Waals surface area contributed by atoms with E-state index in [0.29, 0.717) is 77.1 Å². The number of hydrogen-bond acceptors (Lipinski definition) is 22. The molecule has 0 spiro atoms. The van der Waals surface area contributed by atoms with Crippen molar-refractivity contribution in [3.63, 3.8) is 0 Å². The van der Waals surface area contributed by atoms with Gasteiger partial charge in [0.2, 0.25) is 11.9 Å². The Bertz CT molecular complexity index is 2720. The molecule has 0 aliphatic heterocycles. The standard InChI is InChI=1S/C41H51N11O8S2.O3S/c1-9-51(10-2)33-22-28(30(24-37(33)59-7)48-47-27-15-13-14-16-35(27)57-5)42-39-44-40(46-41(45-39)61-20-19-53)43-29-23-34(52(11-3)12-4)38(60-8)25-31(29)49-50-32-21-26(62(54,55)56)17-18-36(32)58-6;1-4(2)3/h13-18,21-25,53H,9-12,19-20H2,1-8H3,(H,54,55,56)(H2,42,43,44,45,46);. The molecule has 1 heterocycles. The van der Waals surface area contributed by atoms with Crippen molar-refractivity contribution in [2.24, 2.45) is 20.5 Å². The molecule has 0 saturated carbocycles. The van der Waals surface area contributed by atoms with E-state index in [-0.39, 0.29) is 40.5 Å². The van der Waals surface area contributed by atoms with Gasteiger partial charge in [0.15, 0.2) is 5.16 Å². The fourth-order valence-corrected chi connectivity index (χ4v) is 7.25. The predicted molar refractivity (Wildman–Crippen MR) is 251 cm³/mol. The summed E-state index contributed by atoms with van der Waals surface area (Å²) in [6.07, 6.45) is 0. The van der Waals surface area contributed by atoms with Crippen LogP contribution < -0.4 is 39.4 Å². The van der Waals surface area contributed by atoms with Gasteiger partial charge in [0, 0.05) is 44.1 Å². The lowest BCUT2D eigenvalue weighted by Gasteiger charge is -2.25. The Hall–Kier alpha value is -6.67. The molecular weight excluding hydrogens is 919 g/mol. The molecule has 5 rings (SSSR count). The zero-order valence-corrected chi connectivity index (χ0v) is 39.9. The van der Waals surface area contributed by atoms with E-state index in [2.05, 4.69) is 50.9 Å². The van der Waals surface area contributed by atoms with Gasteiger partial charge in [0.1, 0.15) is 45.7 Å². The molecule has 66 heavy (non-hydrogen) atoms. The zero-order chi connectivity index (χ0) is 48.4. The lowest BCUT2D eigenvalue weighted by molar-refractivity contribution is 0.322. The van der Waals surface area contributed by atoms with Crippen LogP contribution in [0.3, 0.4) is 0 Å². The van der Waals surface area contributed by atoms with Crippen LogP contribution in [0.5, 0.6) is 23.0 Å². The Morgan fingerprint density at radius 3 is 1.50 bits per heavy atom. The van der Waals surface area contributed by atoms with Crippen LogP contribution in [0, 0.1) is 0 Å². The highest BCUT2D eigenvalue weighted by Gasteiger charge is 2.20. The third kappa shape index (κ3) is 14.2. The lowest BCUT2D eigenvalue weighted by atomic mass is 10.2. The molecule has 1 aromatic heterocycles. The molecular formula is C41H51N11O11S3. The third-order valence-corrected chi connectivity index (χ3v) is 11.0. The van der Waals surface area contributed by atoms with Crippen LogP contribution in [0.15, 0.2) is 97.2 Å². The molecule has 0 aliphatic carbocycles. The number of aliphatic hydroxyl groups is 1. The molecule has 0 bridgehead atoms. The minimum Gasteiger partial charge on any atom is -0.494 e. The van der Waals surface area contributed by atoms with Gasteiger partial charge in [-0.05, 0) is 70.2 Å². The summed E-state index contributed by atoms with van der Waals surface area (Å²) in [7, 11) is -1.57. The Morgan fingerprint density at radius 2 is 1.06 bits per heavy atom. The van der Waals surface area contributed by atoms with Crippen molar-refractivity contribution >= 4 is 89.9 Å². The maximum absolute atomic E-state index is 12.0. The number of nitrogens with one attached hydrogen (secondary N) is 2. The van der Waals surface area contributed by atoms with Crippen LogP contribution >= 0.6 is 11.8 Å². The summed E-state index contributed by atoms with van der Waals surface area (Å²) in [5, 5.41) is 34.6. The van der Waals surface area contributed by atoms with E-state index in [1.807, 2.05) is 52.0 Å². The molecule has 5 aromatic rings. The third-order valence-electron chi connectivity index (χ3n) is 9.30. The number of ether oxygens (including phenoxy) is 4. The second-order valence-corrected chi connectivity index (χ2v) is 16.0. The molecule has 22 nitrogen and oxygen atoms in total. The zero-order valence-electron chi connectivity index (χ0n) is 37.4. The monoisotopic (exact) mass is 969 g/mol. The molecule has 25 heteroatoms. The lowest BCUT2D eigenvalue weighted by Crippen LogP contribution is -2.22. The first kappa shape index (κ1) is 52.0. The number of nitrogens with zero attached hydrogens (tertiary/aromatic N) is 9. The SMILES string of the molecule is CCN(CC)c1cc(Nc2nc(Nc3cc(N(CC)CC)c(OC)cc3N=Nc3cc(S(=O)(=O)O)ccc3OC)nc(SCCO)n2)c(N=Nc2ccccc2OC)cc1OC.O=S(=O)=O. The van der Waals surface area contributed by atoms with Gasteiger partial charge >= 0.3 is 10.6 Å². The van der Waals surface area contributed by atoms with Crippen LogP contribution in [0.1, 0.15) is 27.7 Å². The quantitative estimate of drug-likeness (QED) is 0.0288. The Labute approximate surface area is 388 Å². The largest absolute Gasteiger partial charge is 0.494 e. The average molecular weight is 970 g/mol. The van der Waals surface area contributed by atoms with Crippen LogP contribution in [-0.2, 0) is 20.7 Å². The summed E-state index contributed by atoms with van der Waals surface area (Å²) in [5.41, 5.74) is 3.67. The molecule has 0 fully saturated rings. The van der Waals surface area contributed by atoms with Crippen molar-refractivity contribution < 1.29 is 49.7 Å². The predicted octanol–water partition coefficient (Wildman–Crippen LogP) is 8.24. The van der Waals surface area contributed by atoms with Crippen molar-refractivity contribution in [3.8, 4) is 23.0 Å². The van der Waals surface area contributed by atoms with E-state index in [1.54, 1.807) is 45.6 Å². The van der Waals surface area contributed by atoms with E-state index in [4.69, 9.17) is 36.6 Å². The molecule has 0 saturated heterocycles. The number of rotatable bonds is 22. The van der Waals surface area contributed by atoms with E-state index < -0.39 is 20.7 Å². The summed E-state index contributed by atoms with van der Waals surface area (Å²) < 4.78 is 81.5. The van der Waals surface area contributed by atoms with Crippen molar-refractivity contribution in [1.82, 2.24) is 15.0 Å². The van der Waals surface area contributed by atoms with E-state index >= 15 is 0 Å². The number of para-hydroxylation sites is 1. The maximum Gasteiger partial charge on any atom is 0.425 e. The van der Waals surface area contributed by atoms with Crippen LogP contribution in [-0.4, -0.2) is 113 Å². The van der Waals surface area contributed by atoms with E-state index in [0.717, 1.165) is 17.4 Å². The van der Waals surface area contributed by atoms with Crippen LogP contribution in [0.2, 0.25) is 0 Å². The summed E-state index contributed by atoms with van der Waals surface area (Å²) in [4.78, 5) is 18.0. The minimum absolute atomic E-state index is 0.0388. The molecule has 0 aliphatic rings. The van der Waals surface area contributed by atoms with Crippen molar-refractivity contribution in [2.45, 2.75) is 37.7 Å². The van der Waals surface area contributed by atoms with E-state index in [1.165, 1.54) is 31.0 Å². The van der Waals surface area contributed by atoms with Gasteiger partial charge in [-0.1, -0.05) is 23.9 Å². The van der Waals surface area contributed by atoms with Gasteiger partial charge in [-0.2, -0.15) is 23.4 Å². The molecule has 354 valence electrons. The Morgan fingerprint density at radius 1 is 0.621 bits per heavy atom. The highest BCUT2D eigenvalue weighted by Crippen LogP contribution is 2.43. The van der Waals surface area contributed by atoms with E-state index in [9.17, 15) is 18.1 Å². The molecule has 4 aromatic carbocycles. The van der Waals surface area contributed by atoms with Gasteiger partial charge in [-0.15, -0.1) is 33.1 Å². The summed E-state index contributed by atoms with van der Waals surface area (Å²) in [6, 6.07) is 18.1. The number of anilines is 6. The summed E-state index contributed by atoms with van der Waals surface area (Å²) >= 11 is 1.22. The molecule has 0 amide bonds. The van der Waals surface area contributed by atoms with Crippen LogP contribution in [0.4, 0.5) is 57.4 Å². The number of azo groups is 2. The Balaban J connectivity index is 0.00000228. The van der Waals surface area contributed by atoms with Crippen molar-refractivity contribution in [2.75, 3.05) is 87.4 Å². The average Bonchev–Trinajstić information content (AvgIpc) is 3.30. The number of aromatic nitrogens is 3. The number of thioether (sulfide) groups is 1. The first-order chi connectivity index (χ1) is 31.7. The van der Waals surface area contributed by atoms with Gasteiger partial charge in [-0.3, -0.25) is 4.55 Å². The van der Waals surface area contributed by atoms with Crippen molar-refractivity contribution in [3.05, 3.63) is 66.7 Å². The first-order valence-corrected chi connectivity index (χ1v) is 23.5. The normalized spacial score (nSPS) is 11.2. The molecule has 4 N–H and O–H groups in total.